The highest BCUT2D eigenvalue weighted by Crippen LogP contribution is 2.19. The van der Waals surface area contributed by atoms with Gasteiger partial charge in [-0.3, -0.25) is 4.79 Å². The van der Waals surface area contributed by atoms with Crippen LogP contribution in [0, 0.1) is 0 Å². The van der Waals surface area contributed by atoms with Crippen molar-refractivity contribution in [2.75, 3.05) is 0 Å². The Morgan fingerprint density at radius 2 is 1.59 bits per heavy atom. The van der Waals surface area contributed by atoms with E-state index in [0.29, 0.717) is 6.42 Å². The zero-order valence-electron chi connectivity index (χ0n) is 14.6. The molecule has 0 N–H and O–H groups in total. The molecule has 0 aliphatic heterocycles. The van der Waals surface area contributed by atoms with Gasteiger partial charge in [-0.15, -0.1) is 0 Å². The van der Waals surface area contributed by atoms with Crippen molar-refractivity contribution in [2.24, 2.45) is 0 Å². The number of rotatable bonds is 11. The number of esters is 1. The van der Waals surface area contributed by atoms with E-state index in [4.69, 9.17) is 4.74 Å². The fourth-order valence-electron chi connectivity index (χ4n) is 2.59. The summed E-state index contributed by atoms with van der Waals surface area (Å²) in [5.41, 5.74) is 2.46. The molecule has 0 aliphatic rings. The normalized spacial score (nSPS) is 12.1. The van der Waals surface area contributed by atoms with Crippen molar-refractivity contribution in [2.45, 2.75) is 84.7 Å². The number of ether oxygens (including phenoxy) is 1. The first-order valence-corrected chi connectivity index (χ1v) is 8.95. The molecule has 0 fully saturated rings. The SMILES string of the molecule is CCCCCCCCc1ccc(C(C)OC(=O)CCC)cc1. The summed E-state index contributed by atoms with van der Waals surface area (Å²) in [6, 6.07) is 8.53. The van der Waals surface area contributed by atoms with E-state index in [9.17, 15) is 4.79 Å². The molecular weight excluding hydrogens is 272 g/mol. The Kier molecular flexibility index (Phi) is 9.61. The molecule has 0 amide bonds. The third kappa shape index (κ3) is 7.63. The van der Waals surface area contributed by atoms with E-state index in [-0.39, 0.29) is 12.1 Å². The summed E-state index contributed by atoms with van der Waals surface area (Å²) in [6.07, 6.45) is 10.3. The Hall–Kier alpha value is -1.31. The van der Waals surface area contributed by atoms with E-state index in [1.165, 1.54) is 44.1 Å². The maximum atomic E-state index is 11.5. The molecule has 1 unspecified atom stereocenters. The van der Waals surface area contributed by atoms with Gasteiger partial charge in [-0.1, -0.05) is 70.2 Å². The second kappa shape index (κ2) is 11.3. The van der Waals surface area contributed by atoms with Gasteiger partial charge in [0, 0.05) is 6.42 Å². The molecule has 1 aromatic carbocycles. The van der Waals surface area contributed by atoms with Crippen molar-refractivity contribution in [1.82, 2.24) is 0 Å². The van der Waals surface area contributed by atoms with Crippen molar-refractivity contribution >= 4 is 5.97 Å². The molecule has 0 aliphatic carbocycles. The largest absolute Gasteiger partial charge is 0.458 e. The molecule has 0 aromatic heterocycles. The quantitative estimate of drug-likeness (QED) is 0.370. The molecular formula is C20H32O2. The lowest BCUT2D eigenvalue weighted by Crippen LogP contribution is -2.08. The minimum atomic E-state index is -0.151. The van der Waals surface area contributed by atoms with Gasteiger partial charge >= 0.3 is 5.97 Å². The number of carbonyl (C=O) groups excluding carboxylic acids is 1. The summed E-state index contributed by atoms with van der Waals surface area (Å²) in [4.78, 5) is 11.5. The Morgan fingerprint density at radius 3 is 2.23 bits per heavy atom. The van der Waals surface area contributed by atoms with Gasteiger partial charge in [-0.05, 0) is 37.3 Å². The van der Waals surface area contributed by atoms with Crippen LogP contribution in [0.1, 0.15) is 89.4 Å². The average Bonchev–Trinajstić information content (AvgIpc) is 2.51. The lowest BCUT2D eigenvalue weighted by atomic mass is 10.0. The van der Waals surface area contributed by atoms with Crippen LogP contribution in [-0.4, -0.2) is 5.97 Å². The fraction of sp³-hybridized carbons (Fsp3) is 0.650. The molecule has 124 valence electrons. The van der Waals surface area contributed by atoms with Crippen molar-refractivity contribution in [3.63, 3.8) is 0 Å². The van der Waals surface area contributed by atoms with Gasteiger partial charge in [-0.25, -0.2) is 0 Å². The molecule has 0 saturated carbocycles. The minimum absolute atomic E-state index is 0.105. The first-order valence-electron chi connectivity index (χ1n) is 8.95. The van der Waals surface area contributed by atoms with Crippen LogP contribution < -0.4 is 0 Å². The molecule has 1 aromatic rings. The number of hydrogen-bond acceptors (Lipinski definition) is 2. The Labute approximate surface area is 136 Å². The lowest BCUT2D eigenvalue weighted by Gasteiger charge is -2.14. The summed E-state index contributed by atoms with van der Waals surface area (Å²) in [7, 11) is 0. The van der Waals surface area contributed by atoms with E-state index in [1.54, 1.807) is 0 Å². The van der Waals surface area contributed by atoms with Gasteiger partial charge in [0.25, 0.3) is 0 Å². The standard InChI is InChI=1S/C20H32O2/c1-4-6-7-8-9-10-12-18-13-15-19(16-14-18)17(3)22-20(21)11-5-2/h13-17H,4-12H2,1-3H3. The molecule has 22 heavy (non-hydrogen) atoms. The van der Waals surface area contributed by atoms with Crippen LogP contribution in [0.3, 0.4) is 0 Å². The zero-order valence-corrected chi connectivity index (χ0v) is 14.6. The maximum Gasteiger partial charge on any atom is 0.306 e. The van der Waals surface area contributed by atoms with Crippen molar-refractivity contribution in [1.29, 1.82) is 0 Å². The van der Waals surface area contributed by atoms with Crippen molar-refractivity contribution in [3.05, 3.63) is 35.4 Å². The van der Waals surface area contributed by atoms with Crippen LogP contribution >= 0.6 is 0 Å². The van der Waals surface area contributed by atoms with Gasteiger partial charge in [0.1, 0.15) is 6.10 Å². The smallest absolute Gasteiger partial charge is 0.306 e. The number of benzene rings is 1. The van der Waals surface area contributed by atoms with Crippen LogP contribution in [0.5, 0.6) is 0 Å². The van der Waals surface area contributed by atoms with E-state index in [1.807, 2.05) is 13.8 Å². The fourth-order valence-corrected chi connectivity index (χ4v) is 2.59. The van der Waals surface area contributed by atoms with Crippen LogP contribution in [0.15, 0.2) is 24.3 Å². The van der Waals surface area contributed by atoms with E-state index in [2.05, 4.69) is 31.2 Å². The third-order valence-corrected chi connectivity index (χ3v) is 4.03. The van der Waals surface area contributed by atoms with E-state index in [0.717, 1.165) is 18.4 Å². The monoisotopic (exact) mass is 304 g/mol. The van der Waals surface area contributed by atoms with Gasteiger partial charge in [0.15, 0.2) is 0 Å². The predicted molar refractivity (Wildman–Crippen MR) is 92.9 cm³/mol. The summed E-state index contributed by atoms with van der Waals surface area (Å²) in [5, 5.41) is 0. The van der Waals surface area contributed by atoms with Gasteiger partial charge < -0.3 is 4.74 Å². The lowest BCUT2D eigenvalue weighted by molar-refractivity contribution is -0.148. The van der Waals surface area contributed by atoms with Gasteiger partial charge in [0.2, 0.25) is 0 Å². The van der Waals surface area contributed by atoms with Crippen LogP contribution in [0.4, 0.5) is 0 Å². The van der Waals surface area contributed by atoms with Crippen molar-refractivity contribution in [3.8, 4) is 0 Å². The van der Waals surface area contributed by atoms with Gasteiger partial charge in [0.05, 0.1) is 0 Å². The first-order chi connectivity index (χ1) is 10.7. The second-order valence-electron chi connectivity index (χ2n) is 6.14. The van der Waals surface area contributed by atoms with E-state index >= 15 is 0 Å². The zero-order chi connectivity index (χ0) is 16.2. The Balaban J connectivity index is 2.31. The summed E-state index contributed by atoms with van der Waals surface area (Å²) in [6.45, 7) is 6.18. The molecule has 0 spiro atoms. The average molecular weight is 304 g/mol. The molecule has 0 radical (unpaired) electrons. The number of aryl methyl sites for hydroxylation is 1. The van der Waals surface area contributed by atoms with Gasteiger partial charge in [-0.2, -0.15) is 0 Å². The molecule has 2 heteroatoms. The molecule has 2 nitrogen and oxygen atoms in total. The Morgan fingerprint density at radius 1 is 0.955 bits per heavy atom. The third-order valence-electron chi connectivity index (χ3n) is 4.03. The Bertz CT molecular complexity index is 408. The number of unbranched alkanes of at least 4 members (excludes halogenated alkanes) is 5. The molecule has 0 bridgehead atoms. The van der Waals surface area contributed by atoms with E-state index < -0.39 is 0 Å². The number of hydrogen-bond donors (Lipinski definition) is 0. The summed E-state index contributed by atoms with van der Waals surface area (Å²) >= 11 is 0. The van der Waals surface area contributed by atoms with Crippen molar-refractivity contribution < 1.29 is 9.53 Å². The minimum Gasteiger partial charge on any atom is -0.458 e. The van der Waals surface area contributed by atoms with Crippen LogP contribution in [-0.2, 0) is 16.0 Å². The number of carbonyl (C=O) groups is 1. The first kappa shape index (κ1) is 18.7. The molecule has 0 saturated heterocycles. The second-order valence-corrected chi connectivity index (χ2v) is 6.14. The highest BCUT2D eigenvalue weighted by Gasteiger charge is 2.10. The molecule has 0 heterocycles. The molecule has 1 atom stereocenters. The van der Waals surface area contributed by atoms with Crippen LogP contribution in [0.25, 0.3) is 0 Å². The summed E-state index contributed by atoms with van der Waals surface area (Å²) < 4.78 is 5.41. The summed E-state index contributed by atoms with van der Waals surface area (Å²) in [5.74, 6) is -0.105. The molecule has 1 rings (SSSR count). The highest BCUT2D eigenvalue weighted by molar-refractivity contribution is 5.69. The highest BCUT2D eigenvalue weighted by atomic mass is 16.5. The maximum absolute atomic E-state index is 11.5. The van der Waals surface area contributed by atoms with Crippen LogP contribution in [0.2, 0.25) is 0 Å². The predicted octanol–water partition coefficient (Wildman–Crippen LogP) is 5.99. The topological polar surface area (TPSA) is 26.3 Å².